The van der Waals surface area contributed by atoms with Gasteiger partial charge in [0.2, 0.25) is 5.91 Å². The largest absolute Gasteiger partial charge is 0.396 e. The second-order valence-corrected chi connectivity index (χ2v) is 5.17. The molecule has 3 N–H and O–H groups in total. The van der Waals surface area contributed by atoms with E-state index in [4.69, 9.17) is 15.7 Å². The zero-order chi connectivity index (χ0) is 15.4. The van der Waals surface area contributed by atoms with Crippen LogP contribution in [-0.2, 0) is 9.53 Å². The number of hydrogen-bond donors (Lipinski definition) is 2. The molecule has 112 valence electrons. The summed E-state index contributed by atoms with van der Waals surface area (Å²) in [7, 11) is 0. The molecule has 0 radical (unpaired) electrons. The molecule has 1 atom stereocenters. The number of nitrogens with zero attached hydrogens (tertiary/aromatic N) is 3. The van der Waals surface area contributed by atoms with E-state index >= 15 is 0 Å². The predicted molar refractivity (Wildman–Crippen MR) is 78.6 cm³/mol. The normalized spacial score (nSPS) is 18.4. The number of rotatable bonds is 3. The first-order valence-electron chi connectivity index (χ1n) is 6.84. The fourth-order valence-electron chi connectivity index (χ4n) is 2.18. The average molecular weight is 289 g/mol. The number of morpholine rings is 1. The lowest BCUT2D eigenvalue weighted by Gasteiger charge is -2.35. The molecule has 1 aromatic heterocycles. The lowest BCUT2D eigenvalue weighted by Crippen LogP contribution is -2.55. The summed E-state index contributed by atoms with van der Waals surface area (Å²) >= 11 is 0. The van der Waals surface area contributed by atoms with Crippen molar-refractivity contribution in [3.63, 3.8) is 0 Å². The van der Waals surface area contributed by atoms with Gasteiger partial charge in [0.05, 0.1) is 18.9 Å². The number of hydrogen-bond acceptors (Lipinski definition) is 6. The topological polar surface area (TPSA) is 104 Å². The van der Waals surface area contributed by atoms with Crippen LogP contribution in [0.4, 0.5) is 11.5 Å². The van der Waals surface area contributed by atoms with E-state index in [-0.39, 0.29) is 17.6 Å². The van der Waals surface area contributed by atoms with Crippen molar-refractivity contribution in [2.45, 2.75) is 25.9 Å². The Morgan fingerprint density at radius 3 is 3.05 bits per heavy atom. The molecule has 0 saturated carbocycles. The number of pyridine rings is 1. The minimum absolute atomic E-state index is 0.0512. The second kappa shape index (κ2) is 6.41. The molecular formula is C14H19N5O2. The van der Waals surface area contributed by atoms with Crippen LogP contribution in [0.2, 0.25) is 0 Å². The summed E-state index contributed by atoms with van der Waals surface area (Å²) in [5.74, 6) is 0.454. The Hall–Kier alpha value is -2.33. The molecule has 7 heteroatoms. The summed E-state index contributed by atoms with van der Waals surface area (Å²) in [6.07, 6.45) is 0. The number of nitriles is 1. The van der Waals surface area contributed by atoms with Crippen LogP contribution in [0.15, 0.2) is 12.1 Å². The van der Waals surface area contributed by atoms with E-state index in [1.165, 1.54) is 0 Å². The highest BCUT2D eigenvalue weighted by Gasteiger charge is 2.30. The molecule has 1 unspecified atom stereocenters. The SMILES string of the molecule is CC(C)NC(=O)C1COCCN1c1ccc(N)c(C#N)n1. The van der Waals surface area contributed by atoms with Gasteiger partial charge in [0.1, 0.15) is 17.9 Å². The summed E-state index contributed by atoms with van der Waals surface area (Å²) in [4.78, 5) is 18.3. The van der Waals surface area contributed by atoms with Gasteiger partial charge in [-0.15, -0.1) is 0 Å². The van der Waals surface area contributed by atoms with Crippen LogP contribution in [0, 0.1) is 11.3 Å². The molecule has 1 aromatic rings. The van der Waals surface area contributed by atoms with Gasteiger partial charge in [-0.3, -0.25) is 4.79 Å². The van der Waals surface area contributed by atoms with Gasteiger partial charge in [0, 0.05) is 12.6 Å². The Morgan fingerprint density at radius 1 is 1.62 bits per heavy atom. The van der Waals surface area contributed by atoms with E-state index in [0.29, 0.717) is 31.3 Å². The molecule has 0 bridgehead atoms. The lowest BCUT2D eigenvalue weighted by atomic mass is 10.2. The van der Waals surface area contributed by atoms with E-state index in [0.717, 1.165) is 0 Å². The van der Waals surface area contributed by atoms with Crippen LogP contribution in [0.1, 0.15) is 19.5 Å². The van der Waals surface area contributed by atoms with Gasteiger partial charge < -0.3 is 20.7 Å². The fourth-order valence-corrected chi connectivity index (χ4v) is 2.18. The molecule has 2 rings (SSSR count). The number of carbonyl (C=O) groups excluding carboxylic acids is 1. The van der Waals surface area contributed by atoms with Crippen LogP contribution in [0.5, 0.6) is 0 Å². The summed E-state index contributed by atoms with van der Waals surface area (Å²) in [6, 6.07) is 4.90. The zero-order valence-electron chi connectivity index (χ0n) is 12.2. The molecule has 0 spiro atoms. The summed E-state index contributed by atoms with van der Waals surface area (Å²) in [5, 5.41) is 11.9. The standard InChI is InChI=1S/C14H19N5O2/c1-9(2)17-14(20)12-8-21-6-5-19(12)13-4-3-10(16)11(7-15)18-13/h3-4,9,12H,5-6,8,16H2,1-2H3,(H,17,20). The number of carbonyl (C=O) groups is 1. The van der Waals surface area contributed by atoms with Crippen LogP contribution in [0.25, 0.3) is 0 Å². The van der Waals surface area contributed by atoms with Crippen molar-refractivity contribution in [3.8, 4) is 6.07 Å². The molecule has 1 fully saturated rings. The first-order chi connectivity index (χ1) is 10.0. The van der Waals surface area contributed by atoms with Crippen LogP contribution >= 0.6 is 0 Å². The summed E-state index contributed by atoms with van der Waals surface area (Å²) in [5.41, 5.74) is 6.18. The van der Waals surface area contributed by atoms with Crippen LogP contribution in [0.3, 0.4) is 0 Å². The average Bonchev–Trinajstić information content (AvgIpc) is 2.47. The molecule has 1 aliphatic heterocycles. The van der Waals surface area contributed by atoms with Gasteiger partial charge in [-0.05, 0) is 26.0 Å². The lowest BCUT2D eigenvalue weighted by molar-refractivity contribution is -0.125. The van der Waals surface area contributed by atoms with Crippen molar-refractivity contribution in [3.05, 3.63) is 17.8 Å². The van der Waals surface area contributed by atoms with E-state index in [1.807, 2.05) is 24.8 Å². The van der Waals surface area contributed by atoms with Gasteiger partial charge in [-0.1, -0.05) is 0 Å². The molecule has 2 heterocycles. The number of aromatic nitrogens is 1. The van der Waals surface area contributed by atoms with Gasteiger partial charge in [-0.2, -0.15) is 5.26 Å². The van der Waals surface area contributed by atoms with Crippen molar-refractivity contribution in [1.82, 2.24) is 10.3 Å². The minimum Gasteiger partial charge on any atom is -0.396 e. The predicted octanol–water partition coefficient (Wildman–Crippen LogP) is 0.265. The number of nitrogens with two attached hydrogens (primary N) is 1. The van der Waals surface area contributed by atoms with Gasteiger partial charge in [-0.25, -0.2) is 4.98 Å². The number of ether oxygens (including phenoxy) is 1. The van der Waals surface area contributed by atoms with E-state index in [2.05, 4.69) is 10.3 Å². The second-order valence-electron chi connectivity index (χ2n) is 5.17. The van der Waals surface area contributed by atoms with Crippen LogP contribution in [-0.4, -0.2) is 42.7 Å². The molecular weight excluding hydrogens is 270 g/mol. The van der Waals surface area contributed by atoms with Crippen molar-refractivity contribution >= 4 is 17.4 Å². The highest BCUT2D eigenvalue weighted by molar-refractivity contribution is 5.85. The first kappa shape index (κ1) is 15.1. The summed E-state index contributed by atoms with van der Waals surface area (Å²) in [6.45, 7) is 5.16. The van der Waals surface area contributed by atoms with E-state index < -0.39 is 6.04 Å². The van der Waals surface area contributed by atoms with E-state index in [9.17, 15) is 4.79 Å². The Bertz CT molecular complexity index is 567. The molecule has 1 amide bonds. The van der Waals surface area contributed by atoms with Crippen molar-refractivity contribution in [2.24, 2.45) is 0 Å². The Labute approximate surface area is 123 Å². The maximum atomic E-state index is 12.3. The Morgan fingerprint density at radius 2 is 2.38 bits per heavy atom. The first-order valence-corrected chi connectivity index (χ1v) is 6.84. The molecule has 0 aliphatic carbocycles. The van der Waals surface area contributed by atoms with E-state index in [1.54, 1.807) is 12.1 Å². The third-order valence-corrected chi connectivity index (χ3v) is 3.17. The maximum absolute atomic E-state index is 12.3. The third kappa shape index (κ3) is 3.41. The number of amides is 1. The van der Waals surface area contributed by atoms with Gasteiger partial charge >= 0.3 is 0 Å². The van der Waals surface area contributed by atoms with Gasteiger partial charge in [0.25, 0.3) is 0 Å². The van der Waals surface area contributed by atoms with Gasteiger partial charge in [0.15, 0.2) is 5.69 Å². The summed E-state index contributed by atoms with van der Waals surface area (Å²) < 4.78 is 5.40. The maximum Gasteiger partial charge on any atom is 0.245 e. The molecule has 0 aromatic carbocycles. The fraction of sp³-hybridized carbons (Fsp3) is 0.500. The minimum atomic E-state index is -0.455. The molecule has 7 nitrogen and oxygen atoms in total. The van der Waals surface area contributed by atoms with Crippen LogP contribution < -0.4 is 16.0 Å². The molecule has 1 saturated heterocycles. The number of nitrogens with one attached hydrogen (secondary N) is 1. The van der Waals surface area contributed by atoms with Crippen molar-refractivity contribution < 1.29 is 9.53 Å². The number of anilines is 2. The molecule has 1 aliphatic rings. The highest BCUT2D eigenvalue weighted by Crippen LogP contribution is 2.20. The van der Waals surface area contributed by atoms with Crippen molar-refractivity contribution in [1.29, 1.82) is 5.26 Å². The smallest absolute Gasteiger partial charge is 0.245 e. The quantitative estimate of drug-likeness (QED) is 0.827. The Balaban J connectivity index is 2.26. The number of nitrogen functional groups attached to an aromatic ring is 1. The van der Waals surface area contributed by atoms with Crippen molar-refractivity contribution in [2.75, 3.05) is 30.4 Å². The molecule has 21 heavy (non-hydrogen) atoms. The Kier molecular flexibility index (Phi) is 4.60. The third-order valence-electron chi connectivity index (χ3n) is 3.17. The zero-order valence-corrected chi connectivity index (χ0v) is 12.2. The highest BCUT2D eigenvalue weighted by atomic mass is 16.5. The monoisotopic (exact) mass is 289 g/mol.